The fourth-order valence-electron chi connectivity index (χ4n) is 2.50. The number of hydrogen-bond acceptors (Lipinski definition) is 5. The minimum absolute atomic E-state index is 0.00101. The zero-order valence-corrected chi connectivity index (χ0v) is 14.8. The molecule has 0 aliphatic heterocycles. The molecule has 2 aromatic rings. The first-order valence-electron chi connectivity index (χ1n) is 8.02. The number of hydrogen-bond donors (Lipinski definition) is 1. The lowest BCUT2D eigenvalue weighted by Gasteiger charge is -2.25. The molecule has 0 saturated carbocycles. The smallest absolute Gasteiger partial charge is 0.290 e. The van der Waals surface area contributed by atoms with E-state index in [0.717, 1.165) is 11.3 Å². The molecular weight excluding hydrogens is 320 g/mol. The summed E-state index contributed by atoms with van der Waals surface area (Å²) in [6.07, 6.45) is 1.25. The number of amides is 1. The van der Waals surface area contributed by atoms with Crippen LogP contribution in [0, 0.1) is 17.0 Å². The topological polar surface area (TPSA) is 88.4 Å². The zero-order valence-electron chi connectivity index (χ0n) is 14.8. The third kappa shape index (κ3) is 4.76. The Morgan fingerprint density at radius 1 is 1.32 bits per heavy atom. The van der Waals surface area contributed by atoms with Crippen LogP contribution in [0.2, 0.25) is 0 Å². The number of nitrogens with one attached hydrogen (secondary N) is 1. The average Bonchev–Trinajstić information content (AvgIpc) is 2.53. The maximum Gasteiger partial charge on any atom is 0.290 e. The predicted octanol–water partition coefficient (Wildman–Crippen LogP) is 3.80. The second kappa shape index (κ2) is 7.74. The van der Waals surface area contributed by atoms with Gasteiger partial charge in [-0.2, -0.15) is 0 Å². The van der Waals surface area contributed by atoms with E-state index in [1.807, 2.05) is 38.1 Å². The van der Waals surface area contributed by atoms with E-state index >= 15 is 0 Å². The van der Waals surface area contributed by atoms with Gasteiger partial charge in [-0.15, -0.1) is 0 Å². The van der Waals surface area contributed by atoms with Crippen molar-refractivity contribution in [2.75, 3.05) is 5.32 Å². The number of nitrogens with zero attached hydrogens (tertiary/aromatic N) is 3. The van der Waals surface area contributed by atoms with Crippen molar-refractivity contribution in [3.63, 3.8) is 0 Å². The lowest BCUT2D eigenvalue weighted by molar-refractivity contribution is -0.385. The van der Waals surface area contributed by atoms with Gasteiger partial charge in [0.1, 0.15) is 12.0 Å². The standard InChI is InChI=1S/C18H22N4O3/c1-12(2)21(14(4)23)11-15-5-7-16(8-6-15)20-18-9-13(3)17(10-19-18)22(24)25/h5-10,12H,11H2,1-4H3,(H,19,20). The molecule has 0 fully saturated rings. The molecule has 2 rings (SSSR count). The molecule has 0 aliphatic carbocycles. The van der Waals surface area contributed by atoms with Crippen LogP contribution < -0.4 is 5.32 Å². The normalized spacial score (nSPS) is 10.6. The molecule has 0 saturated heterocycles. The summed E-state index contributed by atoms with van der Waals surface area (Å²) in [7, 11) is 0. The van der Waals surface area contributed by atoms with Crippen LogP contribution >= 0.6 is 0 Å². The fraction of sp³-hybridized carbons (Fsp3) is 0.333. The minimum Gasteiger partial charge on any atom is -0.340 e. The van der Waals surface area contributed by atoms with Gasteiger partial charge in [-0.25, -0.2) is 4.98 Å². The number of carbonyl (C=O) groups is 1. The summed E-state index contributed by atoms with van der Waals surface area (Å²) >= 11 is 0. The highest BCUT2D eigenvalue weighted by Gasteiger charge is 2.13. The molecule has 25 heavy (non-hydrogen) atoms. The summed E-state index contributed by atoms with van der Waals surface area (Å²) in [5.74, 6) is 0.589. The second-order valence-corrected chi connectivity index (χ2v) is 6.18. The summed E-state index contributed by atoms with van der Waals surface area (Å²) in [6.45, 7) is 7.77. The molecule has 1 heterocycles. The summed E-state index contributed by atoms with van der Waals surface area (Å²) in [4.78, 5) is 27.9. The van der Waals surface area contributed by atoms with Crippen LogP contribution in [-0.4, -0.2) is 26.8 Å². The number of aryl methyl sites for hydroxylation is 1. The molecule has 1 N–H and O–H groups in total. The van der Waals surface area contributed by atoms with Gasteiger partial charge in [0.25, 0.3) is 5.69 Å². The molecule has 1 aromatic carbocycles. The van der Waals surface area contributed by atoms with Crippen molar-refractivity contribution in [2.45, 2.75) is 40.3 Å². The number of pyridine rings is 1. The Labute approximate surface area is 146 Å². The van der Waals surface area contributed by atoms with Crippen LogP contribution in [0.15, 0.2) is 36.5 Å². The third-order valence-electron chi connectivity index (χ3n) is 3.89. The number of carbonyl (C=O) groups excluding carboxylic acids is 1. The van der Waals surface area contributed by atoms with Gasteiger partial charge in [-0.05, 0) is 44.5 Å². The van der Waals surface area contributed by atoms with Gasteiger partial charge < -0.3 is 10.2 Å². The largest absolute Gasteiger partial charge is 0.340 e. The van der Waals surface area contributed by atoms with Crippen LogP contribution in [0.4, 0.5) is 17.2 Å². The predicted molar refractivity (Wildman–Crippen MR) is 96.7 cm³/mol. The highest BCUT2D eigenvalue weighted by atomic mass is 16.6. The van der Waals surface area contributed by atoms with E-state index in [9.17, 15) is 14.9 Å². The van der Waals surface area contributed by atoms with Gasteiger partial charge in [0.15, 0.2) is 0 Å². The lowest BCUT2D eigenvalue weighted by Crippen LogP contribution is -2.34. The summed E-state index contributed by atoms with van der Waals surface area (Å²) in [6, 6.07) is 9.46. The van der Waals surface area contributed by atoms with Gasteiger partial charge in [0.05, 0.1) is 4.92 Å². The Morgan fingerprint density at radius 2 is 1.96 bits per heavy atom. The molecule has 7 heteroatoms. The molecule has 0 atom stereocenters. The molecule has 0 aliphatic rings. The first kappa shape index (κ1) is 18.4. The van der Waals surface area contributed by atoms with Crippen LogP contribution in [0.5, 0.6) is 0 Å². The van der Waals surface area contributed by atoms with Gasteiger partial charge in [-0.1, -0.05) is 12.1 Å². The molecule has 7 nitrogen and oxygen atoms in total. The zero-order chi connectivity index (χ0) is 18.6. The van der Waals surface area contributed by atoms with Crippen LogP contribution in [0.25, 0.3) is 0 Å². The Balaban J connectivity index is 2.09. The van der Waals surface area contributed by atoms with Crippen molar-refractivity contribution < 1.29 is 9.72 Å². The van der Waals surface area contributed by atoms with Crippen LogP contribution in [-0.2, 0) is 11.3 Å². The summed E-state index contributed by atoms with van der Waals surface area (Å²) < 4.78 is 0. The number of nitro groups is 1. The van der Waals surface area contributed by atoms with E-state index in [1.165, 1.54) is 6.20 Å². The lowest BCUT2D eigenvalue weighted by atomic mass is 10.1. The molecule has 132 valence electrons. The van der Waals surface area contributed by atoms with Crippen LogP contribution in [0.1, 0.15) is 31.9 Å². The Bertz CT molecular complexity index is 772. The first-order valence-corrected chi connectivity index (χ1v) is 8.02. The number of anilines is 2. The maximum atomic E-state index is 11.7. The molecule has 1 amide bonds. The first-order chi connectivity index (χ1) is 11.8. The van der Waals surface area contributed by atoms with Crippen LogP contribution in [0.3, 0.4) is 0 Å². The molecule has 1 aromatic heterocycles. The SMILES string of the molecule is CC(=O)N(Cc1ccc(Nc2cc(C)c([N+](=O)[O-])cn2)cc1)C(C)C. The number of rotatable bonds is 6. The van der Waals surface area contributed by atoms with Crippen molar-refractivity contribution >= 4 is 23.1 Å². The molecule has 0 bridgehead atoms. The quantitative estimate of drug-likeness (QED) is 0.637. The van der Waals surface area contributed by atoms with Gasteiger partial charge in [-0.3, -0.25) is 14.9 Å². The van der Waals surface area contributed by atoms with Gasteiger partial charge in [0, 0.05) is 30.8 Å². The monoisotopic (exact) mass is 342 g/mol. The third-order valence-corrected chi connectivity index (χ3v) is 3.89. The highest BCUT2D eigenvalue weighted by molar-refractivity contribution is 5.73. The minimum atomic E-state index is -0.448. The van der Waals surface area contributed by atoms with E-state index in [-0.39, 0.29) is 17.6 Å². The van der Waals surface area contributed by atoms with E-state index in [2.05, 4.69) is 10.3 Å². The van der Waals surface area contributed by atoms with Crippen molar-refractivity contribution in [3.05, 3.63) is 57.8 Å². The summed E-state index contributed by atoms with van der Waals surface area (Å²) in [5, 5.41) is 14.0. The maximum absolute atomic E-state index is 11.7. The number of benzene rings is 1. The van der Waals surface area contributed by atoms with E-state index in [4.69, 9.17) is 0 Å². The summed E-state index contributed by atoms with van der Waals surface area (Å²) in [5.41, 5.74) is 2.40. The van der Waals surface area contributed by atoms with Crippen molar-refractivity contribution in [1.82, 2.24) is 9.88 Å². The Morgan fingerprint density at radius 3 is 2.44 bits per heavy atom. The molecule has 0 spiro atoms. The fourth-order valence-corrected chi connectivity index (χ4v) is 2.50. The van der Waals surface area contributed by atoms with E-state index < -0.39 is 4.92 Å². The van der Waals surface area contributed by atoms with Crippen molar-refractivity contribution in [1.29, 1.82) is 0 Å². The van der Waals surface area contributed by atoms with Crippen molar-refractivity contribution in [2.24, 2.45) is 0 Å². The van der Waals surface area contributed by atoms with Gasteiger partial charge in [0.2, 0.25) is 5.91 Å². The average molecular weight is 342 g/mol. The molecule has 0 unspecified atom stereocenters. The van der Waals surface area contributed by atoms with Crippen molar-refractivity contribution in [3.8, 4) is 0 Å². The molecular formula is C18H22N4O3. The van der Waals surface area contributed by atoms with E-state index in [0.29, 0.717) is 17.9 Å². The number of aromatic nitrogens is 1. The Kier molecular flexibility index (Phi) is 5.69. The van der Waals surface area contributed by atoms with Gasteiger partial charge >= 0.3 is 0 Å². The highest BCUT2D eigenvalue weighted by Crippen LogP contribution is 2.22. The van der Waals surface area contributed by atoms with E-state index in [1.54, 1.807) is 24.8 Å². The molecule has 0 radical (unpaired) electrons. The second-order valence-electron chi connectivity index (χ2n) is 6.18. The Hall–Kier alpha value is -2.96.